The van der Waals surface area contributed by atoms with E-state index in [-0.39, 0.29) is 5.84 Å². The third kappa shape index (κ3) is 3.08. The Bertz CT molecular complexity index is 470. The van der Waals surface area contributed by atoms with Crippen molar-refractivity contribution in [1.82, 2.24) is 5.32 Å². The van der Waals surface area contributed by atoms with Crippen LogP contribution in [0.3, 0.4) is 0 Å². The van der Waals surface area contributed by atoms with E-state index in [1.165, 1.54) is 11.4 Å². The summed E-state index contributed by atoms with van der Waals surface area (Å²) in [6, 6.07) is 0.267. The SMILES string of the molecule is NC(=O)C(NC(=O)O)c1cc(C(N)=NO)cs1. The number of carboxylic acid groups (broad SMARTS) is 1. The normalized spacial score (nSPS) is 13.1. The fraction of sp³-hybridized carbons (Fsp3) is 0.125. The van der Waals surface area contributed by atoms with Crippen molar-refractivity contribution < 1.29 is 19.9 Å². The first-order chi connectivity index (χ1) is 7.95. The topological polar surface area (TPSA) is 151 Å². The lowest BCUT2D eigenvalue weighted by atomic mass is 10.2. The van der Waals surface area contributed by atoms with E-state index < -0.39 is 18.0 Å². The highest BCUT2D eigenvalue weighted by Gasteiger charge is 2.22. The predicted octanol–water partition coefficient (Wildman–Crippen LogP) is -0.363. The van der Waals surface area contributed by atoms with Gasteiger partial charge in [0, 0.05) is 15.8 Å². The Morgan fingerprint density at radius 2 is 2.12 bits per heavy atom. The van der Waals surface area contributed by atoms with E-state index >= 15 is 0 Å². The molecule has 92 valence electrons. The maximum Gasteiger partial charge on any atom is 0.405 e. The zero-order valence-electron chi connectivity index (χ0n) is 8.45. The van der Waals surface area contributed by atoms with Crippen molar-refractivity contribution in [2.75, 3.05) is 0 Å². The monoisotopic (exact) mass is 258 g/mol. The molecule has 1 unspecified atom stereocenters. The van der Waals surface area contributed by atoms with Crippen LogP contribution in [0.4, 0.5) is 4.79 Å². The molecule has 0 saturated carbocycles. The minimum Gasteiger partial charge on any atom is -0.465 e. The number of nitrogens with two attached hydrogens (primary N) is 2. The van der Waals surface area contributed by atoms with Crippen molar-refractivity contribution in [3.63, 3.8) is 0 Å². The molecule has 8 nitrogen and oxygen atoms in total. The minimum absolute atomic E-state index is 0.133. The van der Waals surface area contributed by atoms with Crippen LogP contribution in [0.1, 0.15) is 16.5 Å². The van der Waals surface area contributed by atoms with E-state index in [9.17, 15) is 9.59 Å². The molecule has 2 amide bonds. The Hall–Kier alpha value is -2.29. The highest BCUT2D eigenvalue weighted by Crippen LogP contribution is 2.22. The van der Waals surface area contributed by atoms with Crippen LogP contribution in [-0.4, -0.2) is 28.1 Å². The zero-order valence-corrected chi connectivity index (χ0v) is 9.27. The third-order valence-electron chi connectivity index (χ3n) is 1.86. The van der Waals surface area contributed by atoms with E-state index in [1.807, 2.05) is 5.32 Å². The minimum atomic E-state index is -1.37. The summed E-state index contributed by atoms with van der Waals surface area (Å²) < 4.78 is 0. The molecular weight excluding hydrogens is 248 g/mol. The molecule has 0 aliphatic heterocycles. The molecule has 1 aromatic rings. The Kier molecular flexibility index (Phi) is 3.88. The molecule has 0 fully saturated rings. The van der Waals surface area contributed by atoms with E-state index in [4.69, 9.17) is 21.8 Å². The number of nitrogens with one attached hydrogen (secondary N) is 1. The lowest BCUT2D eigenvalue weighted by molar-refractivity contribution is -0.119. The van der Waals surface area contributed by atoms with Crippen molar-refractivity contribution >= 4 is 29.2 Å². The lowest BCUT2D eigenvalue weighted by Gasteiger charge is -2.10. The summed E-state index contributed by atoms with van der Waals surface area (Å²) in [5, 5.41) is 23.3. The van der Waals surface area contributed by atoms with Gasteiger partial charge in [-0.2, -0.15) is 0 Å². The third-order valence-corrected chi connectivity index (χ3v) is 2.86. The highest BCUT2D eigenvalue weighted by molar-refractivity contribution is 7.10. The van der Waals surface area contributed by atoms with Gasteiger partial charge in [-0.15, -0.1) is 11.3 Å². The fourth-order valence-electron chi connectivity index (χ4n) is 1.10. The maximum absolute atomic E-state index is 11.1. The van der Waals surface area contributed by atoms with Crippen LogP contribution < -0.4 is 16.8 Å². The van der Waals surface area contributed by atoms with Gasteiger partial charge >= 0.3 is 6.09 Å². The average molecular weight is 258 g/mol. The first kappa shape index (κ1) is 12.8. The molecule has 17 heavy (non-hydrogen) atoms. The maximum atomic E-state index is 11.1. The van der Waals surface area contributed by atoms with Gasteiger partial charge in [0.25, 0.3) is 0 Å². The number of amidine groups is 1. The quantitative estimate of drug-likeness (QED) is 0.216. The van der Waals surface area contributed by atoms with Gasteiger partial charge < -0.3 is 27.1 Å². The second-order valence-electron chi connectivity index (χ2n) is 3.01. The van der Waals surface area contributed by atoms with Gasteiger partial charge in [0.05, 0.1) is 0 Å². The molecule has 0 bridgehead atoms. The standard InChI is InChI=1S/C8H10N4O4S/c9-6(12-16)3-1-4(17-2-3)5(7(10)13)11-8(14)15/h1-2,5,11,16H,(H2,9,12)(H2,10,13)(H,14,15). The highest BCUT2D eigenvalue weighted by atomic mass is 32.1. The largest absolute Gasteiger partial charge is 0.465 e. The van der Waals surface area contributed by atoms with Gasteiger partial charge in [0.2, 0.25) is 5.91 Å². The van der Waals surface area contributed by atoms with Crippen LogP contribution in [0.2, 0.25) is 0 Å². The van der Waals surface area contributed by atoms with Crippen LogP contribution >= 0.6 is 11.3 Å². The second kappa shape index (κ2) is 5.16. The van der Waals surface area contributed by atoms with Crippen molar-refractivity contribution in [2.24, 2.45) is 16.6 Å². The van der Waals surface area contributed by atoms with Gasteiger partial charge in [0.1, 0.15) is 6.04 Å². The van der Waals surface area contributed by atoms with Crippen LogP contribution in [0.15, 0.2) is 16.6 Å². The van der Waals surface area contributed by atoms with Crippen molar-refractivity contribution in [3.8, 4) is 0 Å². The summed E-state index contributed by atoms with van der Waals surface area (Å²) in [7, 11) is 0. The van der Waals surface area contributed by atoms with Crippen molar-refractivity contribution in [1.29, 1.82) is 0 Å². The number of nitrogens with zero attached hydrogens (tertiary/aromatic N) is 1. The molecule has 9 heteroatoms. The van der Waals surface area contributed by atoms with Crippen LogP contribution in [0.5, 0.6) is 0 Å². The summed E-state index contributed by atoms with van der Waals surface area (Å²) in [6.45, 7) is 0. The molecule has 0 aliphatic rings. The van der Waals surface area contributed by atoms with Gasteiger partial charge in [0.15, 0.2) is 5.84 Å². The number of oxime groups is 1. The zero-order chi connectivity index (χ0) is 13.0. The lowest BCUT2D eigenvalue weighted by Crippen LogP contribution is -2.36. The number of carbonyl (C=O) groups is 2. The molecular formula is C8H10N4O4S. The molecule has 0 aliphatic carbocycles. The smallest absolute Gasteiger partial charge is 0.405 e. The van der Waals surface area contributed by atoms with Gasteiger partial charge in [-0.1, -0.05) is 5.16 Å². The molecule has 7 N–H and O–H groups in total. The van der Waals surface area contributed by atoms with Crippen molar-refractivity contribution in [2.45, 2.75) is 6.04 Å². The summed E-state index contributed by atoms with van der Waals surface area (Å²) in [6.07, 6.45) is -1.37. The summed E-state index contributed by atoms with van der Waals surface area (Å²) >= 11 is 1.07. The number of hydrogen-bond donors (Lipinski definition) is 5. The van der Waals surface area contributed by atoms with E-state index in [2.05, 4.69) is 5.16 Å². The Balaban J connectivity index is 3.00. The first-order valence-electron chi connectivity index (χ1n) is 4.30. The average Bonchev–Trinajstić information content (AvgIpc) is 2.73. The Labute approximate surface area is 99.5 Å². The summed E-state index contributed by atoms with van der Waals surface area (Å²) in [4.78, 5) is 21.9. The summed E-state index contributed by atoms with van der Waals surface area (Å²) in [5.41, 5.74) is 10.8. The number of primary amides is 1. The van der Waals surface area contributed by atoms with Crippen LogP contribution in [-0.2, 0) is 4.79 Å². The van der Waals surface area contributed by atoms with Gasteiger partial charge in [-0.25, -0.2) is 4.79 Å². The van der Waals surface area contributed by atoms with E-state index in [0.29, 0.717) is 10.4 Å². The van der Waals surface area contributed by atoms with Crippen LogP contribution in [0, 0.1) is 0 Å². The second-order valence-corrected chi connectivity index (χ2v) is 3.95. The molecule has 1 atom stereocenters. The number of carbonyl (C=O) groups excluding carboxylic acids is 1. The molecule has 0 radical (unpaired) electrons. The molecule has 1 heterocycles. The van der Waals surface area contributed by atoms with Gasteiger partial charge in [-0.05, 0) is 6.07 Å². The van der Waals surface area contributed by atoms with E-state index in [1.54, 1.807) is 0 Å². The van der Waals surface area contributed by atoms with Gasteiger partial charge in [-0.3, -0.25) is 4.79 Å². The van der Waals surface area contributed by atoms with Crippen molar-refractivity contribution in [3.05, 3.63) is 21.9 Å². The van der Waals surface area contributed by atoms with E-state index in [0.717, 1.165) is 11.3 Å². The Morgan fingerprint density at radius 3 is 2.59 bits per heavy atom. The number of amides is 2. The number of hydrogen-bond acceptors (Lipinski definition) is 5. The molecule has 0 aromatic carbocycles. The fourth-order valence-corrected chi connectivity index (χ4v) is 2.06. The molecule has 0 saturated heterocycles. The predicted molar refractivity (Wildman–Crippen MR) is 59.9 cm³/mol. The number of thiophene rings is 1. The molecule has 1 rings (SSSR count). The molecule has 0 spiro atoms. The first-order valence-corrected chi connectivity index (χ1v) is 5.18. The van der Waals surface area contributed by atoms with Crippen LogP contribution in [0.25, 0.3) is 0 Å². The number of rotatable bonds is 4. The molecule has 1 aromatic heterocycles. The summed E-state index contributed by atoms with van der Waals surface area (Å²) in [5.74, 6) is -0.966. The Morgan fingerprint density at radius 1 is 1.47 bits per heavy atom.